The first-order chi connectivity index (χ1) is 8.18. The SMILES string of the molecule is NN(C(=O)c1cccc(Br)c1)c1ccccc1. The maximum atomic E-state index is 12.1. The van der Waals surface area contributed by atoms with Crippen molar-refractivity contribution in [2.45, 2.75) is 0 Å². The number of anilines is 1. The molecule has 0 heterocycles. The number of halogens is 1. The molecule has 86 valence electrons. The molecule has 3 nitrogen and oxygen atoms in total. The van der Waals surface area contributed by atoms with E-state index in [9.17, 15) is 4.79 Å². The van der Waals surface area contributed by atoms with Gasteiger partial charge in [-0.3, -0.25) is 4.79 Å². The lowest BCUT2D eigenvalue weighted by Crippen LogP contribution is -2.37. The van der Waals surface area contributed by atoms with Gasteiger partial charge in [0.05, 0.1) is 5.69 Å². The quantitative estimate of drug-likeness (QED) is 0.525. The van der Waals surface area contributed by atoms with Gasteiger partial charge < -0.3 is 0 Å². The van der Waals surface area contributed by atoms with Crippen LogP contribution in [-0.2, 0) is 0 Å². The van der Waals surface area contributed by atoms with E-state index in [0.29, 0.717) is 11.3 Å². The van der Waals surface area contributed by atoms with Crippen molar-refractivity contribution < 1.29 is 4.79 Å². The highest BCUT2D eigenvalue weighted by atomic mass is 79.9. The molecule has 0 saturated heterocycles. The highest BCUT2D eigenvalue weighted by Gasteiger charge is 2.13. The third-order valence-corrected chi connectivity index (χ3v) is 2.82. The second-order valence-electron chi connectivity index (χ2n) is 3.52. The standard InChI is InChI=1S/C13H11BrN2O/c14-11-6-4-5-10(9-11)13(17)16(15)12-7-2-1-3-8-12/h1-9H,15H2. The summed E-state index contributed by atoms with van der Waals surface area (Å²) in [6, 6.07) is 16.3. The Morgan fingerprint density at radius 3 is 2.41 bits per heavy atom. The molecule has 2 N–H and O–H groups in total. The lowest BCUT2D eigenvalue weighted by molar-refractivity contribution is 0.0987. The molecular weight excluding hydrogens is 280 g/mol. The Labute approximate surface area is 108 Å². The summed E-state index contributed by atoms with van der Waals surface area (Å²) in [6.45, 7) is 0. The molecule has 0 aliphatic heterocycles. The number of rotatable bonds is 2. The van der Waals surface area contributed by atoms with Gasteiger partial charge >= 0.3 is 0 Å². The van der Waals surface area contributed by atoms with Gasteiger partial charge in [0.2, 0.25) is 0 Å². The molecule has 0 aromatic heterocycles. The third kappa shape index (κ3) is 2.72. The molecule has 0 aliphatic carbocycles. The van der Waals surface area contributed by atoms with Gasteiger partial charge in [-0.2, -0.15) is 0 Å². The smallest absolute Gasteiger partial charge is 0.267 e. The normalized spacial score (nSPS) is 10.0. The van der Waals surface area contributed by atoms with Gasteiger partial charge in [0.25, 0.3) is 5.91 Å². The van der Waals surface area contributed by atoms with Gasteiger partial charge in [-0.15, -0.1) is 0 Å². The van der Waals surface area contributed by atoms with Crippen LogP contribution < -0.4 is 10.9 Å². The largest absolute Gasteiger partial charge is 0.272 e. The lowest BCUT2D eigenvalue weighted by Gasteiger charge is -2.16. The Balaban J connectivity index is 2.27. The fourth-order valence-corrected chi connectivity index (χ4v) is 1.87. The molecule has 0 spiro atoms. The highest BCUT2D eigenvalue weighted by molar-refractivity contribution is 9.10. The van der Waals surface area contributed by atoms with Gasteiger partial charge in [0, 0.05) is 10.0 Å². The average Bonchev–Trinajstić information content (AvgIpc) is 2.38. The molecule has 2 rings (SSSR count). The number of hydrogen-bond acceptors (Lipinski definition) is 2. The van der Waals surface area contributed by atoms with E-state index >= 15 is 0 Å². The minimum atomic E-state index is -0.238. The maximum absolute atomic E-state index is 12.1. The summed E-state index contributed by atoms with van der Waals surface area (Å²) < 4.78 is 0.852. The summed E-state index contributed by atoms with van der Waals surface area (Å²) in [5.74, 6) is 5.55. The molecular formula is C13H11BrN2O. The number of nitrogens with zero attached hydrogens (tertiary/aromatic N) is 1. The number of benzene rings is 2. The Hall–Kier alpha value is -1.65. The van der Waals surface area contributed by atoms with Gasteiger partial charge in [-0.05, 0) is 30.3 Å². The number of hydrogen-bond donors (Lipinski definition) is 1. The number of carbonyl (C=O) groups is 1. The van der Waals surface area contributed by atoms with Crippen molar-refractivity contribution in [3.8, 4) is 0 Å². The van der Waals surface area contributed by atoms with Crippen LogP contribution in [-0.4, -0.2) is 5.91 Å². The van der Waals surface area contributed by atoms with Crippen molar-refractivity contribution in [2.24, 2.45) is 5.84 Å². The molecule has 0 saturated carbocycles. The number of amides is 1. The van der Waals surface area contributed by atoms with Gasteiger partial charge in [-0.1, -0.05) is 40.2 Å². The molecule has 2 aromatic rings. The van der Waals surface area contributed by atoms with E-state index in [1.54, 1.807) is 30.3 Å². The van der Waals surface area contributed by atoms with Crippen LogP contribution >= 0.6 is 15.9 Å². The van der Waals surface area contributed by atoms with Crippen LogP contribution in [0.5, 0.6) is 0 Å². The summed E-state index contributed by atoms with van der Waals surface area (Å²) in [4.78, 5) is 12.1. The minimum Gasteiger partial charge on any atom is -0.267 e. The zero-order valence-electron chi connectivity index (χ0n) is 9.01. The fraction of sp³-hybridized carbons (Fsp3) is 0. The molecule has 0 fully saturated rings. The predicted molar refractivity (Wildman–Crippen MR) is 71.6 cm³/mol. The van der Waals surface area contributed by atoms with Crippen LogP contribution in [0.3, 0.4) is 0 Å². The van der Waals surface area contributed by atoms with E-state index < -0.39 is 0 Å². The van der Waals surface area contributed by atoms with Gasteiger partial charge in [-0.25, -0.2) is 10.9 Å². The van der Waals surface area contributed by atoms with Crippen molar-refractivity contribution in [2.75, 3.05) is 5.01 Å². The Bertz CT molecular complexity index is 528. The third-order valence-electron chi connectivity index (χ3n) is 2.32. The van der Waals surface area contributed by atoms with Crippen LogP contribution in [0.15, 0.2) is 59.1 Å². The lowest BCUT2D eigenvalue weighted by atomic mass is 10.2. The van der Waals surface area contributed by atoms with Crippen molar-refractivity contribution in [1.29, 1.82) is 0 Å². The van der Waals surface area contributed by atoms with E-state index in [1.165, 1.54) is 0 Å². The highest BCUT2D eigenvalue weighted by Crippen LogP contribution is 2.16. The Morgan fingerprint density at radius 1 is 1.06 bits per heavy atom. The first-order valence-corrected chi connectivity index (χ1v) is 5.87. The Kier molecular flexibility index (Phi) is 3.56. The molecule has 2 aromatic carbocycles. The van der Waals surface area contributed by atoms with Crippen molar-refractivity contribution in [1.82, 2.24) is 0 Å². The molecule has 1 amide bonds. The molecule has 17 heavy (non-hydrogen) atoms. The topological polar surface area (TPSA) is 46.3 Å². The van der Waals surface area contributed by atoms with Crippen LogP contribution in [0.25, 0.3) is 0 Å². The van der Waals surface area contributed by atoms with Crippen LogP contribution in [0.4, 0.5) is 5.69 Å². The first-order valence-electron chi connectivity index (χ1n) is 5.08. The predicted octanol–water partition coefficient (Wildman–Crippen LogP) is 2.97. The van der Waals surface area contributed by atoms with Crippen molar-refractivity contribution >= 4 is 27.5 Å². The molecule has 0 unspecified atom stereocenters. The Morgan fingerprint density at radius 2 is 1.76 bits per heavy atom. The van der Waals surface area contributed by atoms with Crippen LogP contribution in [0, 0.1) is 0 Å². The summed E-state index contributed by atoms with van der Waals surface area (Å²) in [5.41, 5.74) is 1.21. The first kappa shape index (κ1) is 11.8. The van der Waals surface area contributed by atoms with E-state index in [-0.39, 0.29) is 5.91 Å². The monoisotopic (exact) mass is 290 g/mol. The second kappa shape index (κ2) is 5.12. The van der Waals surface area contributed by atoms with Crippen molar-refractivity contribution in [3.05, 3.63) is 64.6 Å². The van der Waals surface area contributed by atoms with Gasteiger partial charge in [0.1, 0.15) is 0 Å². The molecule has 0 atom stereocenters. The van der Waals surface area contributed by atoms with E-state index in [4.69, 9.17) is 5.84 Å². The summed E-state index contributed by atoms with van der Waals surface area (Å²) in [7, 11) is 0. The molecule has 0 bridgehead atoms. The van der Waals surface area contributed by atoms with Crippen LogP contribution in [0.2, 0.25) is 0 Å². The summed E-state index contributed by atoms with van der Waals surface area (Å²) >= 11 is 3.32. The maximum Gasteiger partial charge on any atom is 0.272 e. The second-order valence-corrected chi connectivity index (χ2v) is 4.44. The average molecular weight is 291 g/mol. The number of hydrazine groups is 1. The van der Waals surface area contributed by atoms with E-state index in [0.717, 1.165) is 9.48 Å². The zero-order valence-corrected chi connectivity index (χ0v) is 10.6. The van der Waals surface area contributed by atoms with Crippen LogP contribution in [0.1, 0.15) is 10.4 Å². The number of nitrogens with two attached hydrogens (primary N) is 1. The van der Waals surface area contributed by atoms with E-state index in [2.05, 4.69) is 15.9 Å². The molecule has 0 radical (unpaired) electrons. The molecule has 0 aliphatic rings. The number of carbonyl (C=O) groups excluding carboxylic acids is 1. The fourth-order valence-electron chi connectivity index (χ4n) is 1.47. The summed E-state index contributed by atoms with van der Waals surface area (Å²) in [5, 5.41) is 1.14. The number of para-hydroxylation sites is 1. The summed E-state index contributed by atoms with van der Waals surface area (Å²) in [6.07, 6.45) is 0. The molecule has 4 heteroatoms. The zero-order chi connectivity index (χ0) is 12.3. The minimum absolute atomic E-state index is 0.238. The van der Waals surface area contributed by atoms with Crippen molar-refractivity contribution in [3.63, 3.8) is 0 Å². The van der Waals surface area contributed by atoms with E-state index in [1.807, 2.05) is 24.3 Å². The van der Waals surface area contributed by atoms with Gasteiger partial charge in [0.15, 0.2) is 0 Å².